The minimum Gasteiger partial charge on any atom is -0.505 e. The molecule has 4 nitrogen and oxygen atoms in total. The largest absolute Gasteiger partial charge is 0.505 e. The molecule has 1 amide bonds. The molecule has 0 aliphatic carbocycles. The number of anilines is 1. The molecule has 0 fully saturated rings. The number of carbonyl (C=O) groups excluding carboxylic acids is 1. The average Bonchev–Trinajstić information content (AvgIpc) is 2.48. The van der Waals surface area contributed by atoms with Gasteiger partial charge in [0.25, 0.3) is 5.91 Å². The summed E-state index contributed by atoms with van der Waals surface area (Å²) >= 11 is 0. The quantitative estimate of drug-likeness (QED) is 0.834. The van der Waals surface area contributed by atoms with Crippen LogP contribution in [-0.2, 0) is 4.79 Å². The van der Waals surface area contributed by atoms with Crippen LogP contribution < -0.4 is 10.1 Å². The van der Waals surface area contributed by atoms with Gasteiger partial charge in [-0.2, -0.15) is 0 Å². The van der Waals surface area contributed by atoms with Crippen LogP contribution in [0.5, 0.6) is 11.5 Å². The minimum absolute atomic E-state index is 0.0228. The van der Waals surface area contributed by atoms with Crippen LogP contribution in [0, 0.1) is 5.82 Å². The second-order valence-corrected chi connectivity index (χ2v) is 4.64. The van der Waals surface area contributed by atoms with E-state index in [1.807, 2.05) is 6.07 Å². The lowest BCUT2D eigenvalue weighted by Crippen LogP contribution is -2.25. The molecular weight excluding hydrogens is 273 g/mol. The number of fused-ring (bicyclic) bond motifs is 1. The zero-order chi connectivity index (χ0) is 14.8. The summed E-state index contributed by atoms with van der Waals surface area (Å²) < 4.78 is 18.5. The van der Waals surface area contributed by atoms with Gasteiger partial charge >= 0.3 is 0 Å². The molecule has 1 aliphatic rings. The lowest BCUT2D eigenvalue weighted by atomic mass is 10.1. The summed E-state index contributed by atoms with van der Waals surface area (Å²) in [6, 6.07) is 9.54. The summed E-state index contributed by atoms with van der Waals surface area (Å²) in [7, 11) is 0. The number of phenols is 1. The number of nitrogens with one attached hydrogen (secondary N) is 1. The summed E-state index contributed by atoms with van der Waals surface area (Å²) in [6.45, 7) is 0.0228. The van der Waals surface area contributed by atoms with Gasteiger partial charge in [0, 0.05) is 0 Å². The van der Waals surface area contributed by atoms with Crippen molar-refractivity contribution < 1.29 is 19.0 Å². The number of aromatic hydroxyl groups is 1. The molecule has 3 rings (SSSR count). The second kappa shape index (κ2) is 5.28. The van der Waals surface area contributed by atoms with E-state index in [0.29, 0.717) is 17.0 Å². The molecule has 0 saturated carbocycles. The Balaban J connectivity index is 1.84. The molecule has 0 unspecified atom stereocenters. The van der Waals surface area contributed by atoms with E-state index >= 15 is 0 Å². The molecule has 0 radical (unpaired) electrons. The molecule has 2 aromatic carbocycles. The number of carbonyl (C=O) groups is 1. The van der Waals surface area contributed by atoms with Crippen molar-refractivity contribution in [3.05, 3.63) is 53.3 Å². The van der Waals surface area contributed by atoms with Gasteiger partial charge in [0.1, 0.15) is 5.75 Å². The van der Waals surface area contributed by atoms with Gasteiger partial charge in [-0.15, -0.1) is 0 Å². The molecule has 0 aromatic heterocycles. The van der Waals surface area contributed by atoms with Crippen LogP contribution in [0.25, 0.3) is 12.2 Å². The van der Waals surface area contributed by atoms with Crippen molar-refractivity contribution in [2.75, 3.05) is 11.9 Å². The maximum atomic E-state index is 13.2. The molecule has 0 spiro atoms. The topological polar surface area (TPSA) is 58.6 Å². The average molecular weight is 285 g/mol. The summed E-state index contributed by atoms with van der Waals surface area (Å²) in [5.41, 5.74) is 2.08. The highest BCUT2D eigenvalue weighted by molar-refractivity contribution is 5.95. The van der Waals surface area contributed by atoms with Crippen molar-refractivity contribution >= 4 is 23.7 Å². The van der Waals surface area contributed by atoms with Crippen molar-refractivity contribution in [3.8, 4) is 11.5 Å². The number of hydrogen-bond acceptors (Lipinski definition) is 3. The van der Waals surface area contributed by atoms with Gasteiger partial charge in [-0.3, -0.25) is 4.79 Å². The zero-order valence-corrected chi connectivity index (χ0v) is 11.0. The minimum atomic E-state index is -0.664. The fourth-order valence-electron chi connectivity index (χ4n) is 2.02. The standard InChI is InChI=1S/C16H12FNO3/c17-12-7-10(3-5-14(12)19)1-2-11-4-6-15-13(8-11)18-16(20)9-21-15/h1-8,19H,9H2,(H,18,20)/b2-1+. The van der Waals surface area contributed by atoms with E-state index in [-0.39, 0.29) is 18.3 Å². The van der Waals surface area contributed by atoms with Crippen LogP contribution in [0.2, 0.25) is 0 Å². The maximum absolute atomic E-state index is 13.2. The third-order valence-corrected chi connectivity index (χ3v) is 3.08. The first-order valence-electron chi connectivity index (χ1n) is 6.35. The lowest BCUT2D eigenvalue weighted by Gasteiger charge is -2.17. The lowest BCUT2D eigenvalue weighted by molar-refractivity contribution is -0.118. The Morgan fingerprint density at radius 3 is 2.62 bits per heavy atom. The van der Waals surface area contributed by atoms with Crippen LogP contribution in [0.15, 0.2) is 36.4 Å². The fourth-order valence-corrected chi connectivity index (χ4v) is 2.02. The van der Waals surface area contributed by atoms with E-state index < -0.39 is 5.82 Å². The summed E-state index contributed by atoms with van der Waals surface area (Å²) in [6.07, 6.45) is 3.50. The van der Waals surface area contributed by atoms with Crippen LogP contribution in [-0.4, -0.2) is 17.6 Å². The van der Waals surface area contributed by atoms with Crippen molar-refractivity contribution in [1.29, 1.82) is 0 Å². The van der Waals surface area contributed by atoms with Crippen LogP contribution >= 0.6 is 0 Å². The highest BCUT2D eigenvalue weighted by Crippen LogP contribution is 2.29. The van der Waals surface area contributed by atoms with E-state index in [2.05, 4.69) is 5.32 Å². The van der Waals surface area contributed by atoms with Gasteiger partial charge in [-0.05, 0) is 35.4 Å². The van der Waals surface area contributed by atoms with Crippen LogP contribution in [0.3, 0.4) is 0 Å². The van der Waals surface area contributed by atoms with Crippen molar-refractivity contribution in [2.45, 2.75) is 0 Å². The Morgan fingerprint density at radius 1 is 1.14 bits per heavy atom. The Hall–Kier alpha value is -2.82. The smallest absolute Gasteiger partial charge is 0.262 e. The molecule has 1 aliphatic heterocycles. The van der Waals surface area contributed by atoms with Gasteiger partial charge in [-0.25, -0.2) is 4.39 Å². The van der Waals surface area contributed by atoms with Crippen molar-refractivity contribution in [2.24, 2.45) is 0 Å². The number of halogens is 1. The number of hydrogen-bond donors (Lipinski definition) is 2. The Bertz CT molecular complexity index is 740. The van der Waals surface area contributed by atoms with Gasteiger partial charge in [0.05, 0.1) is 5.69 Å². The van der Waals surface area contributed by atoms with E-state index in [0.717, 1.165) is 5.56 Å². The number of ether oxygens (including phenoxy) is 1. The van der Waals surface area contributed by atoms with Gasteiger partial charge in [-0.1, -0.05) is 24.3 Å². The first-order chi connectivity index (χ1) is 10.1. The predicted molar refractivity (Wildman–Crippen MR) is 77.6 cm³/mol. The van der Waals surface area contributed by atoms with E-state index in [9.17, 15) is 9.18 Å². The first-order valence-corrected chi connectivity index (χ1v) is 6.35. The molecule has 0 saturated heterocycles. The number of benzene rings is 2. The van der Waals surface area contributed by atoms with Crippen LogP contribution in [0.4, 0.5) is 10.1 Å². The SMILES string of the molecule is O=C1COc2ccc(/C=C/c3ccc(O)c(F)c3)cc2N1. The Kier molecular flexibility index (Phi) is 3.31. The highest BCUT2D eigenvalue weighted by atomic mass is 19.1. The maximum Gasteiger partial charge on any atom is 0.262 e. The number of rotatable bonds is 2. The highest BCUT2D eigenvalue weighted by Gasteiger charge is 2.15. The molecule has 21 heavy (non-hydrogen) atoms. The monoisotopic (exact) mass is 285 g/mol. The van der Waals surface area contributed by atoms with Crippen molar-refractivity contribution in [1.82, 2.24) is 0 Å². The number of amides is 1. The predicted octanol–water partition coefficient (Wildman–Crippen LogP) is 3.03. The third-order valence-electron chi connectivity index (χ3n) is 3.08. The molecule has 5 heteroatoms. The fraction of sp³-hybridized carbons (Fsp3) is 0.0625. The third kappa shape index (κ3) is 2.86. The van der Waals surface area contributed by atoms with Gasteiger partial charge in [0.15, 0.2) is 18.2 Å². The molecule has 2 aromatic rings. The van der Waals surface area contributed by atoms with Gasteiger partial charge in [0.2, 0.25) is 0 Å². The van der Waals surface area contributed by atoms with Crippen LogP contribution in [0.1, 0.15) is 11.1 Å². The normalized spacial score (nSPS) is 13.7. The van der Waals surface area contributed by atoms with E-state index in [1.165, 1.54) is 12.1 Å². The summed E-state index contributed by atoms with van der Waals surface area (Å²) in [4.78, 5) is 11.3. The van der Waals surface area contributed by atoms with Gasteiger partial charge < -0.3 is 15.2 Å². The van der Waals surface area contributed by atoms with E-state index in [4.69, 9.17) is 9.84 Å². The molecule has 1 heterocycles. The van der Waals surface area contributed by atoms with E-state index in [1.54, 1.807) is 30.4 Å². The summed E-state index contributed by atoms with van der Waals surface area (Å²) in [5.74, 6) is -0.601. The molecule has 0 atom stereocenters. The molecule has 106 valence electrons. The summed E-state index contributed by atoms with van der Waals surface area (Å²) in [5, 5.41) is 11.9. The second-order valence-electron chi connectivity index (χ2n) is 4.64. The molecule has 0 bridgehead atoms. The van der Waals surface area contributed by atoms with Crippen molar-refractivity contribution in [3.63, 3.8) is 0 Å². The zero-order valence-electron chi connectivity index (χ0n) is 11.0. The molecule has 2 N–H and O–H groups in total. The Morgan fingerprint density at radius 2 is 1.86 bits per heavy atom. The first kappa shape index (κ1) is 13.2. The Labute approximate surface area is 120 Å². The molecular formula is C16H12FNO3. The number of phenolic OH excluding ortho intramolecular Hbond substituents is 1.